The van der Waals surface area contributed by atoms with Crippen LogP contribution in [0, 0.1) is 0 Å². The quantitative estimate of drug-likeness (QED) is 0.797. The summed E-state index contributed by atoms with van der Waals surface area (Å²) in [6.45, 7) is 0.360. The molecule has 0 unspecified atom stereocenters. The number of hydrogen-bond acceptors (Lipinski definition) is 4. The Labute approximate surface area is 98.5 Å². The average Bonchev–Trinajstić information content (AvgIpc) is 2.72. The second kappa shape index (κ2) is 4.65. The standard InChI is InChI=1S/C11H13N5O/c1-16-5-4-14-10(16)7-15-11(17)9-6-8(12)2-3-13-9/h2-6H,7H2,1H3,(H2,12,13)(H,15,17). The molecule has 6 nitrogen and oxygen atoms in total. The Kier molecular flexibility index (Phi) is 3.04. The lowest BCUT2D eigenvalue weighted by Crippen LogP contribution is -2.25. The summed E-state index contributed by atoms with van der Waals surface area (Å²) in [4.78, 5) is 19.8. The van der Waals surface area contributed by atoms with Gasteiger partial charge in [0.25, 0.3) is 5.91 Å². The fourth-order valence-electron chi connectivity index (χ4n) is 1.39. The molecule has 0 saturated carbocycles. The molecule has 1 amide bonds. The Balaban J connectivity index is 2.01. The number of aryl methyl sites for hydroxylation is 1. The maximum absolute atomic E-state index is 11.7. The monoisotopic (exact) mass is 231 g/mol. The molecule has 0 aliphatic carbocycles. The molecule has 0 saturated heterocycles. The highest BCUT2D eigenvalue weighted by Crippen LogP contribution is 2.03. The molecule has 88 valence electrons. The fraction of sp³-hybridized carbons (Fsp3) is 0.182. The zero-order valence-electron chi connectivity index (χ0n) is 9.42. The highest BCUT2D eigenvalue weighted by Gasteiger charge is 2.08. The van der Waals surface area contributed by atoms with E-state index in [2.05, 4.69) is 15.3 Å². The van der Waals surface area contributed by atoms with Crippen LogP contribution >= 0.6 is 0 Å². The van der Waals surface area contributed by atoms with E-state index in [9.17, 15) is 4.79 Å². The minimum absolute atomic E-state index is 0.264. The minimum atomic E-state index is -0.264. The lowest BCUT2D eigenvalue weighted by Gasteiger charge is -2.05. The van der Waals surface area contributed by atoms with Crippen LogP contribution in [0.25, 0.3) is 0 Å². The molecule has 0 aromatic carbocycles. The molecule has 0 atom stereocenters. The number of pyridine rings is 1. The molecule has 0 aliphatic rings. The first kappa shape index (κ1) is 11.1. The molecule has 0 aliphatic heterocycles. The normalized spacial score (nSPS) is 10.2. The Morgan fingerprint density at radius 3 is 2.94 bits per heavy atom. The molecular weight excluding hydrogens is 218 g/mol. The van der Waals surface area contributed by atoms with Crippen LogP contribution in [-0.4, -0.2) is 20.4 Å². The van der Waals surface area contributed by atoms with Crippen LogP contribution in [-0.2, 0) is 13.6 Å². The van der Waals surface area contributed by atoms with Crippen molar-refractivity contribution >= 4 is 11.6 Å². The summed E-state index contributed by atoms with van der Waals surface area (Å²) in [5.74, 6) is 0.516. The van der Waals surface area contributed by atoms with E-state index < -0.39 is 0 Å². The second-order valence-corrected chi connectivity index (χ2v) is 3.61. The smallest absolute Gasteiger partial charge is 0.270 e. The van der Waals surface area contributed by atoms with Gasteiger partial charge < -0.3 is 15.6 Å². The van der Waals surface area contributed by atoms with Gasteiger partial charge in [0.2, 0.25) is 0 Å². The highest BCUT2D eigenvalue weighted by atomic mass is 16.1. The van der Waals surface area contributed by atoms with E-state index >= 15 is 0 Å². The van der Waals surface area contributed by atoms with Crippen molar-refractivity contribution in [2.75, 3.05) is 5.73 Å². The second-order valence-electron chi connectivity index (χ2n) is 3.61. The van der Waals surface area contributed by atoms with Crippen LogP contribution in [0.3, 0.4) is 0 Å². The predicted octanol–water partition coefficient (Wildman–Crippen LogP) is 0.327. The molecule has 3 N–H and O–H groups in total. The third kappa shape index (κ3) is 2.60. The van der Waals surface area contributed by atoms with Crippen molar-refractivity contribution in [1.29, 1.82) is 0 Å². The average molecular weight is 231 g/mol. The summed E-state index contributed by atoms with van der Waals surface area (Å²) in [6.07, 6.45) is 5.01. The molecule has 2 rings (SSSR count). The number of nitrogen functional groups attached to an aromatic ring is 1. The van der Waals surface area contributed by atoms with Crippen LogP contribution in [0.5, 0.6) is 0 Å². The Morgan fingerprint density at radius 2 is 2.29 bits per heavy atom. The first-order valence-electron chi connectivity index (χ1n) is 5.13. The van der Waals surface area contributed by atoms with Gasteiger partial charge in [-0.15, -0.1) is 0 Å². The van der Waals surface area contributed by atoms with Gasteiger partial charge in [0, 0.05) is 31.3 Å². The molecule has 0 spiro atoms. The van der Waals surface area contributed by atoms with Gasteiger partial charge in [0.05, 0.1) is 6.54 Å². The number of carbonyl (C=O) groups is 1. The molecular formula is C11H13N5O. The van der Waals surface area contributed by atoms with Gasteiger partial charge in [-0.1, -0.05) is 0 Å². The van der Waals surface area contributed by atoms with Crippen molar-refractivity contribution in [3.8, 4) is 0 Å². The summed E-state index contributed by atoms with van der Waals surface area (Å²) in [6, 6.07) is 3.17. The predicted molar refractivity (Wildman–Crippen MR) is 63.0 cm³/mol. The molecule has 2 aromatic heterocycles. The number of nitrogens with two attached hydrogens (primary N) is 1. The molecule has 2 heterocycles. The summed E-state index contributed by atoms with van der Waals surface area (Å²) < 4.78 is 1.84. The van der Waals surface area contributed by atoms with Crippen LogP contribution < -0.4 is 11.1 Å². The fourth-order valence-corrected chi connectivity index (χ4v) is 1.39. The number of imidazole rings is 1. The minimum Gasteiger partial charge on any atom is -0.399 e. The summed E-state index contributed by atoms with van der Waals surface area (Å²) >= 11 is 0. The third-order valence-corrected chi connectivity index (χ3v) is 2.34. The molecule has 0 bridgehead atoms. The van der Waals surface area contributed by atoms with E-state index in [1.54, 1.807) is 12.3 Å². The maximum Gasteiger partial charge on any atom is 0.270 e. The molecule has 0 fully saturated rings. The summed E-state index contributed by atoms with van der Waals surface area (Å²) in [5, 5.41) is 2.73. The first-order chi connectivity index (χ1) is 8.16. The Bertz CT molecular complexity index is 534. The van der Waals surface area contributed by atoms with Gasteiger partial charge in [0.15, 0.2) is 0 Å². The van der Waals surface area contributed by atoms with E-state index in [0.717, 1.165) is 5.82 Å². The number of anilines is 1. The summed E-state index contributed by atoms with van der Waals surface area (Å²) in [5.41, 5.74) is 6.40. The first-order valence-corrected chi connectivity index (χ1v) is 5.13. The largest absolute Gasteiger partial charge is 0.399 e. The lowest BCUT2D eigenvalue weighted by molar-refractivity contribution is 0.0944. The number of carbonyl (C=O) groups excluding carboxylic acids is 1. The maximum atomic E-state index is 11.7. The number of hydrogen-bond donors (Lipinski definition) is 2. The Hall–Kier alpha value is -2.37. The third-order valence-electron chi connectivity index (χ3n) is 2.34. The number of nitrogens with zero attached hydrogens (tertiary/aromatic N) is 3. The Morgan fingerprint density at radius 1 is 1.47 bits per heavy atom. The molecule has 2 aromatic rings. The van der Waals surface area contributed by atoms with Crippen LogP contribution in [0.1, 0.15) is 16.3 Å². The SMILES string of the molecule is Cn1ccnc1CNC(=O)c1cc(N)ccn1. The van der Waals surface area contributed by atoms with Gasteiger partial charge >= 0.3 is 0 Å². The van der Waals surface area contributed by atoms with Crippen LogP contribution in [0.15, 0.2) is 30.7 Å². The van der Waals surface area contributed by atoms with E-state index in [1.165, 1.54) is 12.3 Å². The number of aromatic nitrogens is 3. The van der Waals surface area contributed by atoms with Crippen molar-refractivity contribution in [1.82, 2.24) is 19.9 Å². The van der Waals surface area contributed by atoms with E-state index in [1.807, 2.05) is 17.8 Å². The number of nitrogens with one attached hydrogen (secondary N) is 1. The molecule has 17 heavy (non-hydrogen) atoms. The van der Waals surface area contributed by atoms with Crippen molar-refractivity contribution in [2.45, 2.75) is 6.54 Å². The van der Waals surface area contributed by atoms with E-state index in [4.69, 9.17) is 5.73 Å². The zero-order chi connectivity index (χ0) is 12.3. The van der Waals surface area contributed by atoms with E-state index in [-0.39, 0.29) is 5.91 Å². The van der Waals surface area contributed by atoms with Crippen molar-refractivity contribution in [3.63, 3.8) is 0 Å². The van der Waals surface area contributed by atoms with Gasteiger partial charge in [-0.2, -0.15) is 0 Å². The van der Waals surface area contributed by atoms with Crippen LogP contribution in [0.4, 0.5) is 5.69 Å². The molecule has 6 heteroatoms. The number of rotatable bonds is 3. The van der Waals surface area contributed by atoms with Crippen molar-refractivity contribution < 1.29 is 4.79 Å². The van der Waals surface area contributed by atoms with Gasteiger partial charge in [-0.25, -0.2) is 4.98 Å². The molecule has 0 radical (unpaired) electrons. The zero-order valence-corrected chi connectivity index (χ0v) is 9.42. The lowest BCUT2D eigenvalue weighted by atomic mass is 10.3. The summed E-state index contributed by atoms with van der Waals surface area (Å²) in [7, 11) is 1.87. The van der Waals surface area contributed by atoms with Gasteiger partial charge in [-0.3, -0.25) is 9.78 Å². The van der Waals surface area contributed by atoms with Crippen molar-refractivity contribution in [3.05, 3.63) is 42.2 Å². The van der Waals surface area contributed by atoms with Crippen LogP contribution in [0.2, 0.25) is 0 Å². The van der Waals surface area contributed by atoms with Crippen molar-refractivity contribution in [2.24, 2.45) is 7.05 Å². The number of amides is 1. The van der Waals surface area contributed by atoms with Gasteiger partial charge in [0.1, 0.15) is 11.5 Å². The topological polar surface area (TPSA) is 85.8 Å². The van der Waals surface area contributed by atoms with Gasteiger partial charge in [-0.05, 0) is 12.1 Å². The highest BCUT2D eigenvalue weighted by molar-refractivity contribution is 5.92. The van der Waals surface area contributed by atoms with E-state index in [0.29, 0.717) is 17.9 Å².